The van der Waals surface area contributed by atoms with Crippen LogP contribution in [0.5, 0.6) is 0 Å². The number of carbonyl (C=O) groups excluding carboxylic acids is 1. The number of amides is 1. The van der Waals surface area contributed by atoms with E-state index in [0.717, 1.165) is 19.3 Å². The summed E-state index contributed by atoms with van der Waals surface area (Å²) in [6.45, 7) is 2.24. The first-order valence-corrected chi connectivity index (χ1v) is 7.36. The van der Waals surface area contributed by atoms with Crippen LogP contribution in [0, 0.1) is 6.42 Å². The molecule has 0 aromatic carbocycles. The number of ether oxygens (including phenoxy) is 1. The van der Waals surface area contributed by atoms with Crippen LogP contribution in [0.4, 0.5) is 0 Å². The molecule has 0 saturated carbocycles. The van der Waals surface area contributed by atoms with Crippen molar-refractivity contribution in [3.8, 4) is 0 Å². The topological polar surface area (TPSA) is 52.3 Å². The molecule has 18 heavy (non-hydrogen) atoms. The molecule has 0 aliphatic rings. The van der Waals surface area contributed by atoms with E-state index in [9.17, 15) is 4.79 Å². The molecule has 0 heterocycles. The Bertz CT molecular complexity index is 195. The number of rotatable bonds is 13. The average molecular weight is 256 g/mol. The fourth-order valence-corrected chi connectivity index (χ4v) is 2.03. The highest BCUT2D eigenvalue weighted by Gasteiger charge is 2.12. The van der Waals surface area contributed by atoms with E-state index in [1.165, 1.54) is 44.9 Å². The van der Waals surface area contributed by atoms with E-state index in [2.05, 4.69) is 13.3 Å². The molecule has 1 radical (unpaired) electrons. The second kappa shape index (κ2) is 12.9. The number of primary amides is 1. The molecule has 0 spiro atoms. The van der Waals surface area contributed by atoms with Gasteiger partial charge in [-0.1, -0.05) is 64.7 Å². The zero-order valence-corrected chi connectivity index (χ0v) is 12.1. The minimum absolute atomic E-state index is 0.347. The molecule has 0 bridgehead atoms. The van der Waals surface area contributed by atoms with Crippen molar-refractivity contribution >= 4 is 5.91 Å². The normalized spacial score (nSPS) is 12.6. The van der Waals surface area contributed by atoms with Crippen LogP contribution in [0.25, 0.3) is 0 Å². The van der Waals surface area contributed by atoms with Crippen LogP contribution in [-0.2, 0) is 9.53 Å². The first-order valence-electron chi connectivity index (χ1n) is 7.36. The Kier molecular flexibility index (Phi) is 12.5. The zero-order chi connectivity index (χ0) is 13.6. The third-order valence-corrected chi connectivity index (χ3v) is 3.24. The van der Waals surface area contributed by atoms with E-state index in [-0.39, 0.29) is 5.91 Å². The predicted molar refractivity (Wildman–Crippen MR) is 76.1 cm³/mol. The van der Waals surface area contributed by atoms with Gasteiger partial charge in [-0.2, -0.15) is 0 Å². The molecule has 1 atom stereocenters. The molecular weight excluding hydrogens is 226 g/mol. The van der Waals surface area contributed by atoms with E-state index in [1.54, 1.807) is 7.11 Å². The van der Waals surface area contributed by atoms with Gasteiger partial charge in [0.05, 0.1) is 0 Å². The second-order valence-electron chi connectivity index (χ2n) is 4.90. The lowest BCUT2D eigenvalue weighted by molar-refractivity contribution is -0.128. The van der Waals surface area contributed by atoms with E-state index in [0.29, 0.717) is 0 Å². The van der Waals surface area contributed by atoms with Crippen molar-refractivity contribution in [1.29, 1.82) is 0 Å². The number of nitrogens with two attached hydrogens (primary N) is 1. The number of methoxy groups -OCH3 is 1. The van der Waals surface area contributed by atoms with E-state index in [4.69, 9.17) is 10.5 Å². The van der Waals surface area contributed by atoms with Gasteiger partial charge < -0.3 is 10.5 Å². The van der Waals surface area contributed by atoms with Crippen LogP contribution >= 0.6 is 0 Å². The van der Waals surface area contributed by atoms with Crippen molar-refractivity contribution in [2.24, 2.45) is 5.73 Å². The standard InChI is InChI=1S/C15H30NO2/c1-3-4-5-6-7-8-9-10-11-12-13-14(18-2)15(16)17/h8,14H,3-7,9-13H2,1-2H3,(H2,16,17)/t14-/m1/s1. The Labute approximate surface area is 112 Å². The van der Waals surface area contributed by atoms with Crippen LogP contribution in [0.1, 0.15) is 71.1 Å². The summed E-state index contributed by atoms with van der Waals surface area (Å²) in [4.78, 5) is 10.9. The molecule has 3 heteroatoms. The molecule has 0 fully saturated rings. The largest absolute Gasteiger partial charge is 0.372 e. The molecule has 0 unspecified atom stereocenters. The maximum atomic E-state index is 10.9. The van der Waals surface area contributed by atoms with Gasteiger partial charge in [0.15, 0.2) is 0 Å². The molecule has 3 nitrogen and oxygen atoms in total. The highest BCUT2D eigenvalue weighted by molar-refractivity contribution is 5.78. The van der Waals surface area contributed by atoms with Crippen molar-refractivity contribution in [3.63, 3.8) is 0 Å². The third kappa shape index (κ3) is 10.6. The Morgan fingerprint density at radius 1 is 1.11 bits per heavy atom. The number of carbonyl (C=O) groups is 1. The van der Waals surface area contributed by atoms with Crippen molar-refractivity contribution in [2.75, 3.05) is 7.11 Å². The van der Waals surface area contributed by atoms with Crippen molar-refractivity contribution in [1.82, 2.24) is 0 Å². The van der Waals surface area contributed by atoms with E-state index in [1.807, 2.05) is 0 Å². The van der Waals surface area contributed by atoms with Gasteiger partial charge in [-0.3, -0.25) is 4.79 Å². The molecule has 0 rings (SSSR count). The van der Waals surface area contributed by atoms with Gasteiger partial charge in [-0.15, -0.1) is 0 Å². The fraction of sp³-hybridized carbons (Fsp3) is 0.867. The summed E-state index contributed by atoms with van der Waals surface area (Å²) in [5.74, 6) is -0.347. The van der Waals surface area contributed by atoms with Crippen molar-refractivity contribution in [3.05, 3.63) is 6.42 Å². The smallest absolute Gasteiger partial charge is 0.246 e. The highest BCUT2D eigenvalue weighted by atomic mass is 16.5. The lowest BCUT2D eigenvalue weighted by atomic mass is 10.0. The summed E-state index contributed by atoms with van der Waals surface area (Å²) >= 11 is 0. The van der Waals surface area contributed by atoms with Crippen LogP contribution in [-0.4, -0.2) is 19.1 Å². The first kappa shape index (κ1) is 17.4. The van der Waals surface area contributed by atoms with Gasteiger partial charge >= 0.3 is 0 Å². The van der Waals surface area contributed by atoms with Crippen LogP contribution in [0.3, 0.4) is 0 Å². The van der Waals surface area contributed by atoms with Gasteiger partial charge in [0.25, 0.3) is 0 Å². The van der Waals surface area contributed by atoms with Crippen molar-refractivity contribution in [2.45, 2.75) is 77.2 Å². The molecule has 107 valence electrons. The second-order valence-corrected chi connectivity index (χ2v) is 4.90. The Hall–Kier alpha value is -0.570. The summed E-state index contributed by atoms with van der Waals surface area (Å²) < 4.78 is 5.01. The maximum Gasteiger partial charge on any atom is 0.246 e. The van der Waals surface area contributed by atoms with Crippen LogP contribution in [0.15, 0.2) is 0 Å². The molecule has 0 saturated heterocycles. The Morgan fingerprint density at radius 2 is 1.72 bits per heavy atom. The number of unbranched alkanes of at least 4 members (excludes halogenated alkanes) is 9. The summed E-state index contributed by atoms with van der Waals surface area (Å²) in [5, 5.41) is 0. The lowest BCUT2D eigenvalue weighted by Crippen LogP contribution is -2.30. The summed E-state index contributed by atoms with van der Waals surface area (Å²) in [7, 11) is 1.54. The summed E-state index contributed by atoms with van der Waals surface area (Å²) in [5.41, 5.74) is 5.20. The molecular formula is C15H30NO2. The maximum absolute atomic E-state index is 10.9. The third-order valence-electron chi connectivity index (χ3n) is 3.24. The predicted octanol–water partition coefficient (Wildman–Crippen LogP) is 3.61. The molecule has 0 aliphatic heterocycles. The minimum atomic E-state index is -0.400. The molecule has 0 aliphatic carbocycles. The zero-order valence-electron chi connectivity index (χ0n) is 12.1. The Balaban J connectivity index is 3.18. The monoisotopic (exact) mass is 256 g/mol. The first-order chi connectivity index (χ1) is 8.72. The summed E-state index contributed by atoms with van der Waals surface area (Å²) in [6, 6.07) is 0. The fourth-order valence-electron chi connectivity index (χ4n) is 2.03. The molecule has 0 aromatic heterocycles. The quantitative estimate of drug-likeness (QED) is 0.512. The summed E-state index contributed by atoms with van der Waals surface area (Å²) in [6.07, 6.45) is 13.9. The number of hydrogen-bond donors (Lipinski definition) is 1. The average Bonchev–Trinajstić information content (AvgIpc) is 2.35. The minimum Gasteiger partial charge on any atom is -0.372 e. The SMILES string of the molecule is CCCCCC[CH]CCCCC[C@@H](OC)C(N)=O. The highest BCUT2D eigenvalue weighted by Crippen LogP contribution is 2.11. The Morgan fingerprint density at radius 3 is 2.22 bits per heavy atom. The molecule has 2 N–H and O–H groups in total. The van der Waals surface area contributed by atoms with Gasteiger partial charge in [0.1, 0.15) is 6.10 Å². The van der Waals surface area contributed by atoms with Crippen LogP contribution < -0.4 is 5.73 Å². The molecule has 1 amide bonds. The molecule has 0 aromatic rings. The van der Waals surface area contributed by atoms with Gasteiger partial charge in [0.2, 0.25) is 5.91 Å². The van der Waals surface area contributed by atoms with Crippen LogP contribution in [0.2, 0.25) is 0 Å². The van der Waals surface area contributed by atoms with Gasteiger partial charge in [-0.25, -0.2) is 0 Å². The van der Waals surface area contributed by atoms with Gasteiger partial charge in [-0.05, 0) is 12.8 Å². The lowest BCUT2D eigenvalue weighted by Gasteiger charge is -2.10. The van der Waals surface area contributed by atoms with Crippen molar-refractivity contribution < 1.29 is 9.53 Å². The van der Waals surface area contributed by atoms with E-state index < -0.39 is 6.10 Å². The van der Waals surface area contributed by atoms with Gasteiger partial charge in [0, 0.05) is 7.11 Å². The number of hydrogen-bond acceptors (Lipinski definition) is 2. The van der Waals surface area contributed by atoms with E-state index >= 15 is 0 Å².